The van der Waals surface area contributed by atoms with Crippen molar-refractivity contribution in [1.82, 2.24) is 29.7 Å². The number of nitrogens with two attached hydrogens (primary N) is 1. The van der Waals surface area contributed by atoms with Crippen molar-refractivity contribution >= 4 is 17.0 Å². The van der Waals surface area contributed by atoms with Crippen molar-refractivity contribution in [2.75, 3.05) is 12.3 Å². The summed E-state index contributed by atoms with van der Waals surface area (Å²) in [6.07, 6.45) is 2.62. The molecule has 3 aromatic heterocycles. The second-order valence-corrected chi connectivity index (χ2v) is 7.21. The lowest BCUT2D eigenvalue weighted by atomic mass is 10.1. The van der Waals surface area contributed by atoms with Crippen molar-refractivity contribution in [3.63, 3.8) is 0 Å². The molecule has 0 radical (unpaired) electrons. The Morgan fingerprint density at radius 2 is 2.03 bits per heavy atom. The number of unbranched alkanes of at least 4 members (excludes halogenated alkanes) is 2. The van der Waals surface area contributed by atoms with E-state index in [-0.39, 0.29) is 11.6 Å². The second-order valence-electron chi connectivity index (χ2n) is 7.21. The predicted molar refractivity (Wildman–Crippen MR) is 104 cm³/mol. The number of nitrogen functional groups attached to an aromatic ring is 1. The molecule has 0 unspecified atom stereocenters. The van der Waals surface area contributed by atoms with Crippen LogP contribution in [0.5, 0.6) is 0 Å². The van der Waals surface area contributed by atoms with Crippen LogP contribution in [0, 0.1) is 0 Å². The van der Waals surface area contributed by atoms with Crippen molar-refractivity contribution in [3.05, 3.63) is 18.2 Å². The summed E-state index contributed by atoms with van der Waals surface area (Å²) in [5.41, 5.74) is 7.55. The number of ether oxygens (including phenoxy) is 1. The standard InChI is InChI=1S/C18H25N7O4/c1-2-3-4-5-25-7-9(6-20-25)16-22-15(19)11-17(23-16)24-18(21-11)14-13(28)12(27)10(8-26)29-14/h6-7,10,12-14,26-28H,2-5,8H2,1H3,(H3,19,21,22,23,24)/t10-,12-,13-,14+/m1/s1. The molecule has 0 aliphatic carbocycles. The van der Waals surface area contributed by atoms with Crippen LogP contribution in [0.25, 0.3) is 22.6 Å². The van der Waals surface area contributed by atoms with Gasteiger partial charge in [-0.2, -0.15) is 5.10 Å². The Hall–Kier alpha value is -2.60. The number of aromatic amines is 1. The first-order chi connectivity index (χ1) is 14.0. The molecule has 29 heavy (non-hydrogen) atoms. The van der Waals surface area contributed by atoms with Crippen molar-refractivity contribution in [3.8, 4) is 11.4 Å². The zero-order valence-electron chi connectivity index (χ0n) is 16.1. The summed E-state index contributed by atoms with van der Waals surface area (Å²) in [7, 11) is 0. The Kier molecular flexibility index (Phi) is 5.46. The Bertz CT molecular complexity index is 988. The molecule has 156 valence electrons. The molecule has 11 nitrogen and oxygen atoms in total. The first-order valence-corrected chi connectivity index (χ1v) is 9.70. The van der Waals surface area contributed by atoms with Crippen LogP contribution in [-0.4, -0.2) is 70.0 Å². The van der Waals surface area contributed by atoms with Gasteiger partial charge < -0.3 is 30.8 Å². The van der Waals surface area contributed by atoms with Gasteiger partial charge in [0.05, 0.1) is 18.4 Å². The molecule has 0 saturated carbocycles. The van der Waals surface area contributed by atoms with Gasteiger partial charge in [0.2, 0.25) is 0 Å². The summed E-state index contributed by atoms with van der Waals surface area (Å²) in [5, 5.41) is 33.8. The summed E-state index contributed by atoms with van der Waals surface area (Å²) in [4.78, 5) is 16.1. The van der Waals surface area contributed by atoms with E-state index in [4.69, 9.17) is 10.5 Å². The third kappa shape index (κ3) is 3.69. The quantitative estimate of drug-likeness (QED) is 0.345. The third-order valence-corrected chi connectivity index (χ3v) is 5.09. The molecule has 4 atom stereocenters. The number of imidazole rings is 1. The lowest BCUT2D eigenvalue weighted by Gasteiger charge is -2.11. The summed E-state index contributed by atoms with van der Waals surface area (Å²) in [5.74, 6) is 0.862. The molecule has 1 saturated heterocycles. The molecule has 0 aromatic carbocycles. The van der Waals surface area contributed by atoms with Crippen LogP contribution in [0.4, 0.5) is 5.82 Å². The molecular formula is C18H25N7O4. The molecule has 0 bridgehead atoms. The maximum absolute atomic E-state index is 10.2. The van der Waals surface area contributed by atoms with Crippen LogP contribution in [0.2, 0.25) is 0 Å². The van der Waals surface area contributed by atoms with E-state index in [0.717, 1.165) is 31.4 Å². The van der Waals surface area contributed by atoms with Gasteiger partial charge in [-0.05, 0) is 6.42 Å². The second kappa shape index (κ2) is 8.03. The van der Waals surface area contributed by atoms with Gasteiger partial charge in [-0.1, -0.05) is 19.8 Å². The van der Waals surface area contributed by atoms with Gasteiger partial charge in [-0.15, -0.1) is 0 Å². The zero-order chi connectivity index (χ0) is 20.5. The number of hydrogen-bond donors (Lipinski definition) is 5. The van der Waals surface area contributed by atoms with Gasteiger partial charge in [0.1, 0.15) is 35.8 Å². The van der Waals surface area contributed by atoms with Gasteiger partial charge in [-0.25, -0.2) is 15.0 Å². The fourth-order valence-electron chi connectivity index (χ4n) is 3.45. The van der Waals surface area contributed by atoms with Crippen LogP contribution in [0.3, 0.4) is 0 Å². The number of aromatic nitrogens is 6. The molecule has 3 aromatic rings. The normalized spacial score (nSPS) is 24.6. The molecule has 0 amide bonds. The van der Waals surface area contributed by atoms with Gasteiger partial charge in [0.15, 0.2) is 17.3 Å². The highest BCUT2D eigenvalue weighted by Gasteiger charge is 2.44. The van der Waals surface area contributed by atoms with Crippen LogP contribution in [0.15, 0.2) is 12.4 Å². The van der Waals surface area contributed by atoms with E-state index in [1.165, 1.54) is 0 Å². The molecule has 4 heterocycles. The van der Waals surface area contributed by atoms with Crippen LogP contribution in [-0.2, 0) is 11.3 Å². The molecular weight excluding hydrogens is 378 g/mol. The highest BCUT2D eigenvalue weighted by molar-refractivity contribution is 5.83. The van der Waals surface area contributed by atoms with Gasteiger partial charge in [-0.3, -0.25) is 4.68 Å². The van der Waals surface area contributed by atoms with E-state index >= 15 is 0 Å². The van der Waals surface area contributed by atoms with E-state index in [9.17, 15) is 15.3 Å². The maximum Gasteiger partial charge on any atom is 0.183 e. The highest BCUT2D eigenvalue weighted by atomic mass is 16.6. The molecule has 1 fully saturated rings. The van der Waals surface area contributed by atoms with E-state index in [0.29, 0.717) is 17.0 Å². The molecule has 11 heteroatoms. The van der Waals surface area contributed by atoms with Crippen LogP contribution in [0.1, 0.15) is 38.1 Å². The zero-order valence-corrected chi connectivity index (χ0v) is 16.1. The largest absolute Gasteiger partial charge is 0.394 e. The number of anilines is 1. The van der Waals surface area contributed by atoms with Crippen LogP contribution < -0.4 is 5.73 Å². The number of H-pyrrole nitrogens is 1. The van der Waals surface area contributed by atoms with Crippen molar-refractivity contribution in [2.45, 2.75) is 57.1 Å². The van der Waals surface area contributed by atoms with Crippen molar-refractivity contribution in [2.24, 2.45) is 0 Å². The number of aliphatic hydroxyl groups excluding tert-OH is 3. The number of fused-ring (bicyclic) bond motifs is 1. The molecule has 6 N–H and O–H groups in total. The summed E-state index contributed by atoms with van der Waals surface area (Å²) in [6, 6.07) is 0. The average molecular weight is 403 g/mol. The lowest BCUT2D eigenvalue weighted by Crippen LogP contribution is -2.32. The fraction of sp³-hybridized carbons (Fsp3) is 0.556. The minimum atomic E-state index is -1.23. The predicted octanol–water partition coefficient (Wildman–Crippen LogP) is 0.143. The number of nitrogens with zero attached hydrogens (tertiary/aromatic N) is 5. The average Bonchev–Trinajstić information content (AvgIpc) is 3.41. The highest BCUT2D eigenvalue weighted by Crippen LogP contribution is 2.33. The molecule has 0 spiro atoms. The Balaban J connectivity index is 1.61. The smallest absolute Gasteiger partial charge is 0.183 e. The first-order valence-electron chi connectivity index (χ1n) is 9.70. The number of rotatable bonds is 7. The minimum absolute atomic E-state index is 0.203. The SMILES string of the molecule is CCCCCn1cc(-c2nc(N)c3[nH]c([C@H]4O[C@H](CO)[C@@H](O)[C@H]4O)nc3n2)cn1. The van der Waals surface area contributed by atoms with E-state index in [1.54, 1.807) is 6.20 Å². The Labute approximate surface area is 166 Å². The lowest BCUT2D eigenvalue weighted by molar-refractivity contribution is -0.0249. The van der Waals surface area contributed by atoms with E-state index < -0.39 is 31.0 Å². The van der Waals surface area contributed by atoms with Crippen molar-refractivity contribution < 1.29 is 20.1 Å². The summed E-state index contributed by atoms with van der Waals surface area (Å²) in [6.45, 7) is 2.56. The van der Waals surface area contributed by atoms with E-state index in [2.05, 4.69) is 32.0 Å². The number of aliphatic hydroxyl groups is 3. The molecule has 4 rings (SSSR count). The maximum atomic E-state index is 10.2. The Morgan fingerprint density at radius 3 is 2.76 bits per heavy atom. The van der Waals surface area contributed by atoms with Gasteiger partial charge >= 0.3 is 0 Å². The Morgan fingerprint density at radius 1 is 1.21 bits per heavy atom. The third-order valence-electron chi connectivity index (χ3n) is 5.09. The minimum Gasteiger partial charge on any atom is -0.394 e. The number of hydrogen-bond acceptors (Lipinski definition) is 9. The molecule has 1 aliphatic rings. The first kappa shape index (κ1) is 19.7. The number of nitrogens with one attached hydrogen (secondary N) is 1. The monoisotopic (exact) mass is 403 g/mol. The van der Waals surface area contributed by atoms with Gasteiger partial charge in [0.25, 0.3) is 0 Å². The summed E-state index contributed by atoms with van der Waals surface area (Å²) >= 11 is 0. The summed E-state index contributed by atoms with van der Waals surface area (Å²) < 4.78 is 7.36. The van der Waals surface area contributed by atoms with Gasteiger partial charge in [0, 0.05) is 12.7 Å². The van der Waals surface area contributed by atoms with E-state index in [1.807, 2.05) is 10.9 Å². The topological polar surface area (TPSA) is 168 Å². The molecule has 1 aliphatic heterocycles. The fourth-order valence-corrected chi connectivity index (χ4v) is 3.45. The van der Waals surface area contributed by atoms with Crippen LogP contribution >= 0.6 is 0 Å². The number of aryl methyl sites for hydroxylation is 1. The van der Waals surface area contributed by atoms with Crippen molar-refractivity contribution in [1.29, 1.82) is 0 Å².